The SMILES string of the molecule is CNc1cnn(C(C)C(N)=O)c(=O)c1. The van der Waals surface area contributed by atoms with Crippen LogP contribution in [-0.2, 0) is 4.79 Å². The molecule has 1 rings (SSSR count). The number of nitrogens with zero attached hydrogens (tertiary/aromatic N) is 2. The Morgan fingerprint density at radius 1 is 1.71 bits per heavy atom. The van der Waals surface area contributed by atoms with Crippen molar-refractivity contribution in [3.8, 4) is 0 Å². The van der Waals surface area contributed by atoms with Crippen molar-refractivity contribution >= 4 is 11.6 Å². The summed E-state index contributed by atoms with van der Waals surface area (Å²) in [7, 11) is 1.68. The number of nitrogens with one attached hydrogen (secondary N) is 1. The smallest absolute Gasteiger partial charge is 0.269 e. The van der Waals surface area contributed by atoms with Gasteiger partial charge in [0.1, 0.15) is 6.04 Å². The van der Waals surface area contributed by atoms with Gasteiger partial charge in [-0.3, -0.25) is 9.59 Å². The molecule has 1 aromatic rings. The van der Waals surface area contributed by atoms with Crippen LogP contribution in [0.5, 0.6) is 0 Å². The van der Waals surface area contributed by atoms with Gasteiger partial charge < -0.3 is 11.1 Å². The number of rotatable bonds is 3. The second-order valence-electron chi connectivity index (χ2n) is 2.86. The Hall–Kier alpha value is -1.85. The number of hydrogen-bond donors (Lipinski definition) is 2. The van der Waals surface area contributed by atoms with E-state index in [1.54, 1.807) is 7.05 Å². The first-order valence-electron chi connectivity index (χ1n) is 4.12. The molecular weight excluding hydrogens is 184 g/mol. The van der Waals surface area contributed by atoms with E-state index < -0.39 is 11.9 Å². The predicted octanol–water partition coefficient (Wildman–Crippen LogP) is -0.669. The lowest BCUT2D eigenvalue weighted by Gasteiger charge is -2.09. The summed E-state index contributed by atoms with van der Waals surface area (Å²) in [5, 5.41) is 6.58. The van der Waals surface area contributed by atoms with Crippen molar-refractivity contribution in [1.82, 2.24) is 9.78 Å². The Morgan fingerprint density at radius 3 is 2.79 bits per heavy atom. The summed E-state index contributed by atoms with van der Waals surface area (Å²) in [4.78, 5) is 22.2. The minimum absolute atomic E-state index is 0.358. The minimum atomic E-state index is -0.728. The third kappa shape index (κ3) is 1.90. The van der Waals surface area contributed by atoms with E-state index in [9.17, 15) is 9.59 Å². The quantitative estimate of drug-likeness (QED) is 0.671. The van der Waals surface area contributed by atoms with Crippen molar-refractivity contribution in [2.75, 3.05) is 12.4 Å². The molecule has 0 bridgehead atoms. The lowest BCUT2D eigenvalue weighted by molar-refractivity contribution is -0.121. The highest BCUT2D eigenvalue weighted by Crippen LogP contribution is 2.01. The van der Waals surface area contributed by atoms with E-state index in [2.05, 4.69) is 10.4 Å². The van der Waals surface area contributed by atoms with Gasteiger partial charge in [-0.05, 0) is 6.92 Å². The number of amides is 1. The van der Waals surface area contributed by atoms with Gasteiger partial charge in [0, 0.05) is 13.1 Å². The Morgan fingerprint density at radius 2 is 2.36 bits per heavy atom. The third-order valence-electron chi connectivity index (χ3n) is 1.89. The molecule has 3 N–H and O–H groups in total. The summed E-state index contributed by atoms with van der Waals surface area (Å²) >= 11 is 0. The van der Waals surface area contributed by atoms with Gasteiger partial charge in [-0.25, -0.2) is 4.68 Å². The zero-order valence-corrected chi connectivity index (χ0v) is 8.02. The van der Waals surface area contributed by atoms with Crippen LogP contribution in [0.15, 0.2) is 17.1 Å². The lowest BCUT2D eigenvalue weighted by atomic mass is 10.3. The third-order valence-corrected chi connectivity index (χ3v) is 1.89. The Bertz CT molecular complexity index is 399. The summed E-state index contributed by atoms with van der Waals surface area (Å²) < 4.78 is 1.04. The van der Waals surface area contributed by atoms with Gasteiger partial charge in [0.05, 0.1) is 11.9 Å². The molecule has 0 fully saturated rings. The fourth-order valence-electron chi connectivity index (χ4n) is 0.966. The van der Waals surface area contributed by atoms with Gasteiger partial charge in [-0.1, -0.05) is 0 Å². The molecule has 0 aliphatic carbocycles. The summed E-state index contributed by atoms with van der Waals surface area (Å²) in [6, 6.07) is 0.625. The first-order chi connectivity index (χ1) is 6.56. The summed E-state index contributed by atoms with van der Waals surface area (Å²) in [5.74, 6) is -0.586. The molecule has 0 aromatic carbocycles. The normalized spacial score (nSPS) is 12.1. The van der Waals surface area contributed by atoms with E-state index in [4.69, 9.17) is 5.73 Å². The number of carbonyl (C=O) groups excluding carboxylic acids is 1. The molecule has 0 saturated heterocycles. The Labute approximate surface area is 80.7 Å². The molecular formula is C8H12N4O2. The van der Waals surface area contributed by atoms with Crippen molar-refractivity contribution in [3.63, 3.8) is 0 Å². The van der Waals surface area contributed by atoms with E-state index in [1.165, 1.54) is 19.2 Å². The largest absolute Gasteiger partial charge is 0.387 e. The fraction of sp³-hybridized carbons (Fsp3) is 0.375. The van der Waals surface area contributed by atoms with Crippen molar-refractivity contribution in [3.05, 3.63) is 22.6 Å². The molecule has 1 aromatic heterocycles. The molecule has 6 nitrogen and oxygen atoms in total. The van der Waals surface area contributed by atoms with Gasteiger partial charge in [0.25, 0.3) is 5.56 Å². The molecule has 1 heterocycles. The minimum Gasteiger partial charge on any atom is -0.387 e. The van der Waals surface area contributed by atoms with Crippen LogP contribution in [0, 0.1) is 0 Å². The number of anilines is 1. The van der Waals surface area contributed by atoms with Crippen molar-refractivity contribution < 1.29 is 4.79 Å². The monoisotopic (exact) mass is 196 g/mol. The van der Waals surface area contributed by atoms with E-state index in [-0.39, 0.29) is 5.56 Å². The molecule has 0 saturated carbocycles. The van der Waals surface area contributed by atoms with Crippen LogP contribution in [0.1, 0.15) is 13.0 Å². The Kier molecular flexibility index (Phi) is 2.85. The molecule has 14 heavy (non-hydrogen) atoms. The van der Waals surface area contributed by atoms with Gasteiger partial charge in [-0.15, -0.1) is 0 Å². The fourth-order valence-corrected chi connectivity index (χ4v) is 0.966. The van der Waals surface area contributed by atoms with Gasteiger partial charge >= 0.3 is 0 Å². The van der Waals surface area contributed by atoms with Crippen LogP contribution in [0.3, 0.4) is 0 Å². The zero-order valence-electron chi connectivity index (χ0n) is 8.02. The summed E-state index contributed by atoms with van der Waals surface area (Å²) in [6.45, 7) is 1.52. The van der Waals surface area contributed by atoms with Gasteiger partial charge in [0.15, 0.2) is 0 Å². The van der Waals surface area contributed by atoms with Gasteiger partial charge in [-0.2, -0.15) is 5.10 Å². The first-order valence-corrected chi connectivity index (χ1v) is 4.12. The maximum Gasteiger partial charge on any atom is 0.269 e. The molecule has 1 unspecified atom stereocenters. The average molecular weight is 196 g/mol. The maximum atomic E-state index is 11.4. The molecule has 0 aliphatic heterocycles. The number of nitrogens with two attached hydrogens (primary N) is 1. The highest BCUT2D eigenvalue weighted by Gasteiger charge is 2.13. The molecule has 0 aliphatic rings. The molecule has 6 heteroatoms. The summed E-state index contributed by atoms with van der Waals surface area (Å²) in [5.41, 5.74) is 5.29. The van der Waals surface area contributed by atoms with Crippen molar-refractivity contribution in [1.29, 1.82) is 0 Å². The first kappa shape index (κ1) is 10.2. The molecule has 1 atom stereocenters. The highest BCUT2D eigenvalue weighted by atomic mass is 16.2. The molecule has 1 amide bonds. The number of carbonyl (C=O) groups is 1. The van der Waals surface area contributed by atoms with Crippen LogP contribution in [0.4, 0.5) is 5.69 Å². The van der Waals surface area contributed by atoms with Crippen molar-refractivity contribution in [2.24, 2.45) is 5.73 Å². The van der Waals surface area contributed by atoms with E-state index in [0.29, 0.717) is 5.69 Å². The number of aromatic nitrogens is 2. The van der Waals surface area contributed by atoms with Crippen molar-refractivity contribution in [2.45, 2.75) is 13.0 Å². The van der Waals surface area contributed by atoms with Crippen LogP contribution in [-0.4, -0.2) is 22.7 Å². The van der Waals surface area contributed by atoms with Crippen LogP contribution < -0.4 is 16.6 Å². The Balaban J connectivity index is 3.12. The second kappa shape index (κ2) is 3.91. The molecule has 76 valence electrons. The number of hydrogen-bond acceptors (Lipinski definition) is 4. The predicted molar refractivity (Wildman–Crippen MR) is 51.9 cm³/mol. The standard InChI is InChI=1S/C8H12N4O2/c1-5(8(9)14)12-7(13)3-6(10-2)4-11-12/h3-5,10H,1-2H3,(H2,9,14). The lowest BCUT2D eigenvalue weighted by Crippen LogP contribution is -2.33. The number of primary amides is 1. The topological polar surface area (TPSA) is 90.0 Å². The molecule has 0 spiro atoms. The highest BCUT2D eigenvalue weighted by molar-refractivity contribution is 5.77. The zero-order chi connectivity index (χ0) is 10.7. The van der Waals surface area contributed by atoms with Gasteiger partial charge in [0.2, 0.25) is 5.91 Å². The van der Waals surface area contributed by atoms with E-state index >= 15 is 0 Å². The van der Waals surface area contributed by atoms with E-state index in [1.807, 2.05) is 0 Å². The van der Waals surface area contributed by atoms with Crippen LogP contribution >= 0.6 is 0 Å². The average Bonchev–Trinajstić information content (AvgIpc) is 2.16. The van der Waals surface area contributed by atoms with E-state index in [0.717, 1.165) is 4.68 Å². The second-order valence-corrected chi connectivity index (χ2v) is 2.86. The maximum absolute atomic E-state index is 11.4. The summed E-state index contributed by atoms with van der Waals surface area (Å²) in [6.07, 6.45) is 1.46. The van der Waals surface area contributed by atoms with Crippen LogP contribution in [0.25, 0.3) is 0 Å². The van der Waals surface area contributed by atoms with Crippen LogP contribution in [0.2, 0.25) is 0 Å². The molecule has 0 radical (unpaired) electrons.